The molecule has 1 aliphatic heterocycles. The second-order valence-corrected chi connectivity index (χ2v) is 7.39. The number of anilines is 1. The smallest absolute Gasteiger partial charge is 0.255 e. The molecule has 2 amide bonds. The lowest BCUT2D eigenvalue weighted by molar-refractivity contribution is 0.0802. The Morgan fingerprint density at radius 3 is 2.29 bits per heavy atom. The van der Waals surface area contributed by atoms with Crippen molar-refractivity contribution in [3.8, 4) is 0 Å². The summed E-state index contributed by atoms with van der Waals surface area (Å²) in [6, 6.07) is 15.6. The summed E-state index contributed by atoms with van der Waals surface area (Å²) in [6.07, 6.45) is 1.73. The van der Waals surface area contributed by atoms with Gasteiger partial charge < -0.3 is 15.1 Å². The summed E-state index contributed by atoms with van der Waals surface area (Å²) < 4.78 is 0. The van der Waals surface area contributed by atoms with Crippen LogP contribution < -0.4 is 10.2 Å². The predicted octanol–water partition coefficient (Wildman–Crippen LogP) is 3.49. The lowest BCUT2D eigenvalue weighted by atomic mass is 10.0. The third-order valence-corrected chi connectivity index (χ3v) is 5.52. The van der Waals surface area contributed by atoms with Gasteiger partial charge in [0.1, 0.15) is 0 Å². The minimum atomic E-state index is -0.00306. The fraction of sp³-hybridized carbons (Fsp3) is 0.391. The van der Waals surface area contributed by atoms with Gasteiger partial charge in [-0.15, -0.1) is 0 Å². The van der Waals surface area contributed by atoms with Crippen LogP contribution in [-0.2, 0) is 0 Å². The highest BCUT2D eigenvalue weighted by Crippen LogP contribution is 2.25. The summed E-state index contributed by atoms with van der Waals surface area (Å²) in [4.78, 5) is 29.2. The third-order valence-electron chi connectivity index (χ3n) is 5.52. The first-order chi connectivity index (χ1) is 13.5. The maximum Gasteiger partial charge on any atom is 0.255 e. The van der Waals surface area contributed by atoms with Crippen LogP contribution in [0.5, 0.6) is 0 Å². The Morgan fingerprint density at radius 1 is 1.04 bits per heavy atom. The molecule has 5 nitrogen and oxygen atoms in total. The highest BCUT2D eigenvalue weighted by molar-refractivity contribution is 5.99. The Labute approximate surface area is 167 Å². The highest BCUT2D eigenvalue weighted by Gasteiger charge is 2.25. The number of nitrogens with one attached hydrogen (secondary N) is 1. The minimum Gasteiger partial charge on any atom is -0.371 e. The molecule has 1 heterocycles. The largest absolute Gasteiger partial charge is 0.371 e. The van der Waals surface area contributed by atoms with Gasteiger partial charge in [-0.1, -0.05) is 30.3 Å². The molecular formula is C23H29N3O2. The normalized spacial score (nSPS) is 14.6. The highest BCUT2D eigenvalue weighted by atomic mass is 16.2. The SMILES string of the molecule is CCN(C)C(=O)c1ccccc1N1CCC(NC(=O)c2ccccc2C)CC1. The molecule has 0 aliphatic carbocycles. The summed E-state index contributed by atoms with van der Waals surface area (Å²) in [6.45, 7) is 6.25. The predicted molar refractivity (Wildman–Crippen MR) is 113 cm³/mol. The van der Waals surface area contributed by atoms with Crippen molar-refractivity contribution in [2.45, 2.75) is 32.7 Å². The first-order valence-corrected chi connectivity index (χ1v) is 9.97. The topological polar surface area (TPSA) is 52.7 Å². The fourth-order valence-corrected chi connectivity index (χ4v) is 3.64. The molecule has 5 heteroatoms. The summed E-state index contributed by atoms with van der Waals surface area (Å²) in [5.74, 6) is 0.0461. The van der Waals surface area contributed by atoms with Gasteiger partial charge in [0.15, 0.2) is 0 Å². The molecule has 0 unspecified atom stereocenters. The van der Waals surface area contributed by atoms with Crippen LogP contribution in [0.1, 0.15) is 46.0 Å². The molecule has 0 radical (unpaired) electrons. The molecule has 0 saturated carbocycles. The Balaban J connectivity index is 1.64. The number of carbonyl (C=O) groups excluding carboxylic acids is 2. The van der Waals surface area contributed by atoms with E-state index < -0.39 is 0 Å². The molecule has 0 bridgehead atoms. The number of piperidine rings is 1. The van der Waals surface area contributed by atoms with Gasteiger partial charge in [-0.3, -0.25) is 9.59 Å². The van der Waals surface area contributed by atoms with Gasteiger partial charge in [0.25, 0.3) is 11.8 Å². The second kappa shape index (κ2) is 8.91. The molecule has 28 heavy (non-hydrogen) atoms. The van der Waals surface area contributed by atoms with Crippen LogP contribution in [0.15, 0.2) is 48.5 Å². The van der Waals surface area contributed by atoms with Crippen molar-refractivity contribution in [1.82, 2.24) is 10.2 Å². The number of nitrogens with zero attached hydrogens (tertiary/aromatic N) is 2. The molecule has 1 fully saturated rings. The molecule has 0 atom stereocenters. The zero-order valence-corrected chi connectivity index (χ0v) is 16.9. The minimum absolute atomic E-state index is 0.00306. The molecule has 2 aromatic rings. The van der Waals surface area contributed by atoms with Crippen molar-refractivity contribution in [3.05, 3.63) is 65.2 Å². The van der Waals surface area contributed by atoms with Crippen LogP contribution in [0.25, 0.3) is 0 Å². The number of para-hydroxylation sites is 1. The number of benzene rings is 2. The number of rotatable bonds is 5. The Bertz CT molecular complexity index is 841. The lowest BCUT2D eigenvalue weighted by Crippen LogP contribution is -2.45. The van der Waals surface area contributed by atoms with E-state index in [9.17, 15) is 9.59 Å². The van der Waals surface area contributed by atoms with E-state index in [4.69, 9.17) is 0 Å². The molecule has 1 saturated heterocycles. The fourth-order valence-electron chi connectivity index (χ4n) is 3.64. The maximum absolute atomic E-state index is 12.7. The summed E-state index contributed by atoms with van der Waals surface area (Å²) >= 11 is 0. The van der Waals surface area contributed by atoms with E-state index in [1.54, 1.807) is 4.90 Å². The van der Waals surface area contributed by atoms with E-state index in [1.807, 2.05) is 69.4 Å². The van der Waals surface area contributed by atoms with E-state index in [-0.39, 0.29) is 17.9 Å². The summed E-state index contributed by atoms with van der Waals surface area (Å²) in [5.41, 5.74) is 3.46. The zero-order valence-electron chi connectivity index (χ0n) is 16.9. The van der Waals surface area contributed by atoms with Crippen LogP contribution in [0.3, 0.4) is 0 Å². The number of amides is 2. The van der Waals surface area contributed by atoms with Crippen LogP contribution in [-0.4, -0.2) is 49.4 Å². The maximum atomic E-state index is 12.7. The van der Waals surface area contributed by atoms with Crippen molar-refractivity contribution < 1.29 is 9.59 Å². The van der Waals surface area contributed by atoms with Crippen molar-refractivity contribution in [1.29, 1.82) is 0 Å². The molecule has 148 valence electrons. The van der Waals surface area contributed by atoms with Crippen LogP contribution in [0, 0.1) is 6.92 Å². The van der Waals surface area contributed by atoms with Gasteiger partial charge in [-0.25, -0.2) is 0 Å². The zero-order chi connectivity index (χ0) is 20.1. The van der Waals surface area contributed by atoms with Gasteiger partial charge in [0.05, 0.1) is 5.56 Å². The number of hydrogen-bond donors (Lipinski definition) is 1. The molecule has 3 rings (SSSR count). The van der Waals surface area contributed by atoms with Crippen molar-refractivity contribution in [3.63, 3.8) is 0 Å². The first-order valence-electron chi connectivity index (χ1n) is 9.97. The number of carbonyl (C=O) groups is 2. The second-order valence-electron chi connectivity index (χ2n) is 7.39. The molecule has 1 N–H and O–H groups in total. The third kappa shape index (κ3) is 4.35. The van der Waals surface area contributed by atoms with Gasteiger partial charge in [0.2, 0.25) is 0 Å². The van der Waals surface area contributed by atoms with Gasteiger partial charge in [0, 0.05) is 44.0 Å². The average molecular weight is 380 g/mol. The van der Waals surface area contributed by atoms with Crippen LogP contribution in [0.4, 0.5) is 5.69 Å². The molecule has 1 aliphatic rings. The van der Waals surface area contributed by atoms with E-state index >= 15 is 0 Å². The van der Waals surface area contributed by atoms with Crippen molar-refractivity contribution in [2.75, 3.05) is 31.6 Å². The molecule has 2 aromatic carbocycles. The Kier molecular flexibility index (Phi) is 6.34. The summed E-state index contributed by atoms with van der Waals surface area (Å²) in [7, 11) is 1.83. The number of hydrogen-bond acceptors (Lipinski definition) is 3. The van der Waals surface area contributed by atoms with Gasteiger partial charge in [-0.05, 0) is 50.5 Å². The van der Waals surface area contributed by atoms with Gasteiger partial charge in [-0.2, -0.15) is 0 Å². The first kappa shape index (κ1) is 19.9. The van der Waals surface area contributed by atoms with Crippen molar-refractivity contribution in [2.24, 2.45) is 0 Å². The molecule has 0 aromatic heterocycles. The Morgan fingerprint density at radius 2 is 1.64 bits per heavy atom. The Hall–Kier alpha value is -2.82. The standard InChI is InChI=1S/C23H29N3O2/c1-4-25(3)23(28)20-11-7-8-12-21(20)26-15-13-18(14-16-26)24-22(27)19-10-6-5-9-17(19)2/h5-12,18H,4,13-16H2,1-3H3,(H,24,27). The average Bonchev–Trinajstić information content (AvgIpc) is 2.73. The van der Waals surface area contributed by atoms with E-state index in [0.29, 0.717) is 6.54 Å². The van der Waals surface area contributed by atoms with Crippen LogP contribution >= 0.6 is 0 Å². The summed E-state index contributed by atoms with van der Waals surface area (Å²) in [5, 5.41) is 3.17. The lowest BCUT2D eigenvalue weighted by Gasteiger charge is -2.35. The van der Waals surface area contributed by atoms with Crippen LogP contribution in [0.2, 0.25) is 0 Å². The van der Waals surface area contributed by atoms with Gasteiger partial charge >= 0.3 is 0 Å². The van der Waals surface area contributed by atoms with E-state index in [1.165, 1.54) is 0 Å². The molecule has 0 spiro atoms. The molecular weight excluding hydrogens is 350 g/mol. The van der Waals surface area contributed by atoms with Crippen molar-refractivity contribution >= 4 is 17.5 Å². The quantitative estimate of drug-likeness (QED) is 0.865. The van der Waals surface area contributed by atoms with E-state index in [0.717, 1.165) is 48.3 Å². The number of aryl methyl sites for hydroxylation is 1. The monoisotopic (exact) mass is 379 g/mol. The van der Waals surface area contributed by atoms with E-state index in [2.05, 4.69) is 10.2 Å².